The highest BCUT2D eigenvalue weighted by molar-refractivity contribution is 5.89. The SMILES string of the molecule is NCc1cc(O[C@@H]2CCN(C(=O)Nc3ccccc3)C2)nc(C(F)(F)F)c1.O=C(O)C(F)(F)F. The van der Waals surface area contributed by atoms with Gasteiger partial charge in [0.15, 0.2) is 0 Å². The van der Waals surface area contributed by atoms with E-state index in [-0.39, 0.29) is 30.6 Å². The van der Waals surface area contributed by atoms with Crippen LogP contribution in [0.25, 0.3) is 0 Å². The summed E-state index contributed by atoms with van der Waals surface area (Å²) in [5, 5.41) is 9.89. The van der Waals surface area contributed by atoms with Gasteiger partial charge in [0.2, 0.25) is 5.88 Å². The lowest BCUT2D eigenvalue weighted by Gasteiger charge is -2.18. The van der Waals surface area contributed by atoms with Crippen LogP contribution < -0.4 is 15.8 Å². The van der Waals surface area contributed by atoms with E-state index in [2.05, 4.69) is 10.3 Å². The summed E-state index contributed by atoms with van der Waals surface area (Å²) in [6.45, 7) is 0.638. The van der Waals surface area contributed by atoms with Crippen LogP contribution in [-0.2, 0) is 17.5 Å². The van der Waals surface area contributed by atoms with E-state index in [9.17, 15) is 31.1 Å². The molecule has 0 spiro atoms. The van der Waals surface area contributed by atoms with Crippen LogP contribution in [0.1, 0.15) is 17.7 Å². The molecule has 1 fully saturated rings. The van der Waals surface area contributed by atoms with Gasteiger partial charge in [0, 0.05) is 31.3 Å². The van der Waals surface area contributed by atoms with Gasteiger partial charge < -0.3 is 25.8 Å². The molecule has 0 aliphatic carbocycles. The number of nitrogens with one attached hydrogen (secondary N) is 1. The Labute approximate surface area is 189 Å². The molecular formula is C20H20F6N4O4. The van der Waals surface area contributed by atoms with E-state index in [1.807, 2.05) is 6.07 Å². The number of carbonyl (C=O) groups excluding carboxylic acids is 1. The first kappa shape index (κ1) is 26.7. The molecule has 4 N–H and O–H groups in total. The number of benzene rings is 1. The topological polar surface area (TPSA) is 118 Å². The van der Waals surface area contributed by atoms with E-state index in [0.29, 0.717) is 18.7 Å². The van der Waals surface area contributed by atoms with Crippen LogP contribution in [0.5, 0.6) is 5.88 Å². The molecule has 3 rings (SSSR count). The smallest absolute Gasteiger partial charge is 0.475 e. The van der Waals surface area contributed by atoms with Crippen molar-refractivity contribution in [2.24, 2.45) is 5.73 Å². The van der Waals surface area contributed by atoms with Crippen molar-refractivity contribution in [3.05, 3.63) is 53.7 Å². The molecule has 2 heterocycles. The Morgan fingerprint density at radius 3 is 2.29 bits per heavy atom. The highest BCUT2D eigenvalue weighted by Gasteiger charge is 2.38. The van der Waals surface area contributed by atoms with E-state index in [0.717, 1.165) is 6.07 Å². The van der Waals surface area contributed by atoms with Crippen molar-refractivity contribution in [3.8, 4) is 5.88 Å². The van der Waals surface area contributed by atoms with Crippen molar-refractivity contribution >= 4 is 17.7 Å². The fourth-order valence-electron chi connectivity index (χ4n) is 2.79. The Hall–Kier alpha value is -3.55. The maximum absolute atomic E-state index is 13.0. The van der Waals surface area contributed by atoms with Gasteiger partial charge in [-0.3, -0.25) is 0 Å². The van der Waals surface area contributed by atoms with Gasteiger partial charge in [0.1, 0.15) is 11.8 Å². The molecule has 1 atom stereocenters. The maximum Gasteiger partial charge on any atom is 0.490 e. The van der Waals surface area contributed by atoms with Crippen molar-refractivity contribution in [1.82, 2.24) is 9.88 Å². The molecule has 34 heavy (non-hydrogen) atoms. The second kappa shape index (κ2) is 11.0. The minimum absolute atomic E-state index is 0.0573. The standard InChI is InChI=1S/C18H19F3N4O2.C2HF3O2/c19-18(20,21)15-8-12(10-22)9-16(24-15)27-14-6-7-25(11-14)17(26)23-13-4-2-1-3-5-13;3-2(4,5)1(6)7/h1-5,8-9,14H,6-7,10-11,22H2,(H,23,26);(H,6,7)/t14-;/m1./s1. The molecule has 1 aromatic heterocycles. The first-order valence-electron chi connectivity index (χ1n) is 9.65. The third-order valence-electron chi connectivity index (χ3n) is 4.37. The normalized spacial score (nSPS) is 15.9. The van der Waals surface area contributed by atoms with Crippen LogP contribution in [0.3, 0.4) is 0 Å². The van der Waals surface area contributed by atoms with Crippen molar-refractivity contribution in [3.63, 3.8) is 0 Å². The highest BCUT2D eigenvalue weighted by Crippen LogP contribution is 2.30. The van der Waals surface area contributed by atoms with E-state index in [4.69, 9.17) is 20.4 Å². The average molecular weight is 494 g/mol. The molecule has 0 saturated carbocycles. The fourth-order valence-corrected chi connectivity index (χ4v) is 2.79. The number of nitrogens with zero attached hydrogens (tertiary/aromatic N) is 2. The van der Waals surface area contributed by atoms with Crippen LogP contribution in [0, 0.1) is 0 Å². The number of likely N-dealkylation sites (tertiary alicyclic amines) is 1. The summed E-state index contributed by atoms with van der Waals surface area (Å²) in [4.78, 5) is 26.3. The van der Waals surface area contributed by atoms with Gasteiger partial charge in [-0.05, 0) is 23.8 Å². The summed E-state index contributed by atoms with van der Waals surface area (Å²) in [6, 6.07) is 11.0. The molecule has 1 aliphatic heterocycles. The number of nitrogens with two attached hydrogens (primary N) is 1. The predicted octanol–water partition coefficient (Wildman–Crippen LogP) is 3.88. The first-order chi connectivity index (χ1) is 15.8. The van der Waals surface area contributed by atoms with Gasteiger partial charge in [-0.1, -0.05) is 18.2 Å². The zero-order valence-electron chi connectivity index (χ0n) is 17.4. The lowest BCUT2D eigenvalue weighted by Crippen LogP contribution is -2.34. The monoisotopic (exact) mass is 494 g/mol. The van der Waals surface area contributed by atoms with E-state index < -0.39 is 30.1 Å². The number of alkyl halides is 6. The van der Waals surface area contributed by atoms with Crippen LogP contribution in [-0.4, -0.2) is 52.4 Å². The van der Waals surface area contributed by atoms with Crippen LogP contribution in [0.15, 0.2) is 42.5 Å². The van der Waals surface area contributed by atoms with Crippen molar-refractivity contribution < 1.29 is 45.8 Å². The van der Waals surface area contributed by atoms with Gasteiger partial charge in [0.05, 0.1) is 6.54 Å². The van der Waals surface area contributed by atoms with Gasteiger partial charge >= 0.3 is 24.4 Å². The molecular weight excluding hydrogens is 474 g/mol. The lowest BCUT2D eigenvalue weighted by atomic mass is 10.2. The molecule has 186 valence electrons. The molecule has 1 saturated heterocycles. The van der Waals surface area contributed by atoms with Gasteiger partial charge in [-0.2, -0.15) is 26.3 Å². The van der Waals surface area contributed by atoms with Crippen molar-refractivity contribution in [2.45, 2.75) is 31.4 Å². The highest BCUT2D eigenvalue weighted by atomic mass is 19.4. The molecule has 14 heteroatoms. The Morgan fingerprint density at radius 2 is 1.76 bits per heavy atom. The molecule has 0 radical (unpaired) electrons. The number of halogens is 6. The quantitative estimate of drug-likeness (QED) is 0.556. The Morgan fingerprint density at radius 1 is 1.15 bits per heavy atom. The molecule has 2 amide bonds. The average Bonchev–Trinajstić information content (AvgIpc) is 3.22. The van der Waals surface area contributed by atoms with E-state index in [1.54, 1.807) is 29.2 Å². The minimum Gasteiger partial charge on any atom is -0.475 e. The third-order valence-corrected chi connectivity index (χ3v) is 4.37. The van der Waals surface area contributed by atoms with Crippen LogP contribution in [0.2, 0.25) is 0 Å². The van der Waals surface area contributed by atoms with E-state index >= 15 is 0 Å². The summed E-state index contributed by atoms with van der Waals surface area (Å²) in [7, 11) is 0. The predicted molar refractivity (Wildman–Crippen MR) is 107 cm³/mol. The fraction of sp³-hybridized carbons (Fsp3) is 0.350. The molecule has 8 nitrogen and oxygen atoms in total. The summed E-state index contributed by atoms with van der Waals surface area (Å²) in [5.74, 6) is -2.90. The number of urea groups is 1. The van der Waals surface area contributed by atoms with Gasteiger partial charge in [-0.15, -0.1) is 0 Å². The number of amides is 2. The third kappa shape index (κ3) is 8.10. The largest absolute Gasteiger partial charge is 0.490 e. The number of ether oxygens (including phenoxy) is 1. The number of aliphatic carboxylic acids is 1. The number of hydrogen-bond donors (Lipinski definition) is 3. The van der Waals surface area contributed by atoms with Gasteiger partial charge in [-0.25, -0.2) is 14.6 Å². The molecule has 0 bridgehead atoms. The Kier molecular flexibility index (Phi) is 8.68. The minimum atomic E-state index is -5.08. The first-order valence-corrected chi connectivity index (χ1v) is 9.65. The van der Waals surface area contributed by atoms with Crippen molar-refractivity contribution in [1.29, 1.82) is 0 Å². The van der Waals surface area contributed by atoms with Crippen molar-refractivity contribution in [2.75, 3.05) is 18.4 Å². The van der Waals surface area contributed by atoms with E-state index in [1.165, 1.54) is 6.07 Å². The number of rotatable bonds is 4. The second-order valence-electron chi connectivity index (χ2n) is 6.97. The summed E-state index contributed by atoms with van der Waals surface area (Å²) >= 11 is 0. The van der Waals surface area contributed by atoms with Crippen LogP contribution >= 0.6 is 0 Å². The summed E-state index contributed by atoms with van der Waals surface area (Å²) in [6.07, 6.45) is -9.60. The zero-order chi connectivity index (χ0) is 25.5. The number of carbonyl (C=O) groups is 2. The maximum atomic E-state index is 13.0. The number of hydrogen-bond acceptors (Lipinski definition) is 5. The molecule has 2 aromatic rings. The number of carboxylic acids is 1. The number of carboxylic acid groups (broad SMARTS) is 1. The van der Waals surface area contributed by atoms with Gasteiger partial charge in [0.25, 0.3) is 0 Å². The number of anilines is 1. The van der Waals surface area contributed by atoms with Crippen LogP contribution in [0.4, 0.5) is 36.8 Å². The Bertz CT molecular complexity index is 985. The summed E-state index contributed by atoms with van der Waals surface area (Å²) in [5.41, 5.74) is 5.37. The number of pyridine rings is 1. The number of para-hydroxylation sites is 1. The molecule has 0 unspecified atom stereocenters. The zero-order valence-corrected chi connectivity index (χ0v) is 17.4. The Balaban J connectivity index is 0.000000509. The number of aromatic nitrogens is 1. The second-order valence-corrected chi connectivity index (χ2v) is 6.97. The molecule has 1 aliphatic rings. The molecule has 1 aromatic carbocycles. The lowest BCUT2D eigenvalue weighted by molar-refractivity contribution is -0.192. The summed E-state index contributed by atoms with van der Waals surface area (Å²) < 4.78 is 76.2.